The van der Waals surface area contributed by atoms with E-state index in [1.54, 1.807) is 13.4 Å². The molecule has 0 aliphatic carbocycles. The molecule has 1 N–H and O–H groups in total. The van der Waals surface area contributed by atoms with E-state index in [1.807, 2.05) is 24.5 Å². The smallest absolute Gasteiger partial charge is 0.118 e. The van der Waals surface area contributed by atoms with Crippen molar-refractivity contribution >= 4 is 0 Å². The van der Waals surface area contributed by atoms with Crippen LogP contribution in [0.1, 0.15) is 24.5 Å². The zero-order chi connectivity index (χ0) is 14.2. The third-order valence-electron chi connectivity index (χ3n) is 3.39. The summed E-state index contributed by atoms with van der Waals surface area (Å²) in [5, 5.41) is 3.61. The van der Waals surface area contributed by atoms with Crippen LogP contribution in [-0.4, -0.2) is 19.7 Å². The Labute approximate surface area is 121 Å². The van der Waals surface area contributed by atoms with E-state index in [-0.39, 0.29) is 0 Å². The summed E-state index contributed by atoms with van der Waals surface area (Å²) in [7, 11) is 1.69. The van der Waals surface area contributed by atoms with Gasteiger partial charge >= 0.3 is 0 Å². The summed E-state index contributed by atoms with van der Waals surface area (Å²) >= 11 is 0. The summed E-state index contributed by atoms with van der Waals surface area (Å²) in [6, 6.07) is 10.8. The summed E-state index contributed by atoms with van der Waals surface area (Å²) in [5.74, 6) is 0.904. The Kier molecular flexibility index (Phi) is 5.69. The molecule has 1 aromatic carbocycles. The predicted molar refractivity (Wildman–Crippen MR) is 81.2 cm³/mol. The second-order valence-corrected chi connectivity index (χ2v) is 5.04. The van der Waals surface area contributed by atoms with Crippen molar-refractivity contribution in [3.05, 3.63) is 54.0 Å². The number of ether oxygens (including phenoxy) is 1. The fraction of sp³-hybridized carbons (Fsp3) is 0.412. The normalized spacial score (nSPS) is 12.3. The van der Waals surface area contributed by atoms with Crippen molar-refractivity contribution in [2.24, 2.45) is 0 Å². The van der Waals surface area contributed by atoms with Gasteiger partial charge in [-0.05, 0) is 55.1 Å². The molecule has 2 rings (SSSR count). The maximum absolute atomic E-state index is 5.20. The highest BCUT2D eigenvalue weighted by molar-refractivity contribution is 5.28. The van der Waals surface area contributed by atoms with Crippen LogP contribution in [0, 0.1) is 0 Å². The van der Waals surface area contributed by atoms with Gasteiger partial charge in [-0.1, -0.05) is 19.1 Å². The molecular weight excluding hydrogens is 250 g/mol. The van der Waals surface area contributed by atoms with E-state index in [2.05, 4.69) is 24.4 Å². The van der Waals surface area contributed by atoms with Crippen molar-refractivity contribution in [3.8, 4) is 5.75 Å². The van der Waals surface area contributed by atoms with Gasteiger partial charge in [0, 0.05) is 6.04 Å². The van der Waals surface area contributed by atoms with E-state index in [9.17, 15) is 0 Å². The van der Waals surface area contributed by atoms with Gasteiger partial charge in [0.25, 0.3) is 0 Å². The first-order chi connectivity index (χ1) is 9.81. The summed E-state index contributed by atoms with van der Waals surface area (Å²) in [6.45, 7) is 3.23. The predicted octanol–water partition coefficient (Wildman–Crippen LogP) is 3.44. The van der Waals surface area contributed by atoms with Gasteiger partial charge < -0.3 is 14.5 Å². The van der Waals surface area contributed by atoms with Crippen molar-refractivity contribution in [3.63, 3.8) is 0 Å². The Hall–Kier alpha value is -1.74. The summed E-state index contributed by atoms with van der Waals surface area (Å²) in [4.78, 5) is 0. The van der Waals surface area contributed by atoms with Crippen molar-refractivity contribution in [1.29, 1.82) is 0 Å². The minimum absolute atomic E-state index is 0.431. The average molecular weight is 273 g/mol. The summed E-state index contributed by atoms with van der Waals surface area (Å²) in [5.41, 5.74) is 2.56. The molecule has 0 aliphatic heterocycles. The monoisotopic (exact) mass is 273 g/mol. The number of methoxy groups -OCH3 is 1. The maximum atomic E-state index is 5.20. The van der Waals surface area contributed by atoms with Crippen LogP contribution in [0.3, 0.4) is 0 Å². The zero-order valence-electron chi connectivity index (χ0n) is 12.3. The van der Waals surface area contributed by atoms with Crippen LogP contribution < -0.4 is 10.1 Å². The lowest BCUT2D eigenvalue weighted by atomic mass is 10.00. The minimum atomic E-state index is 0.431. The molecular formula is C17H23NO2. The molecule has 108 valence electrons. The van der Waals surface area contributed by atoms with Gasteiger partial charge in [0.2, 0.25) is 0 Å². The van der Waals surface area contributed by atoms with Gasteiger partial charge in [-0.2, -0.15) is 0 Å². The third-order valence-corrected chi connectivity index (χ3v) is 3.39. The van der Waals surface area contributed by atoms with Crippen molar-refractivity contribution in [2.45, 2.75) is 32.2 Å². The molecule has 1 heterocycles. The lowest BCUT2D eigenvalue weighted by molar-refractivity contribution is 0.414. The topological polar surface area (TPSA) is 34.4 Å². The van der Waals surface area contributed by atoms with E-state index in [4.69, 9.17) is 9.15 Å². The lowest BCUT2D eigenvalue weighted by Gasteiger charge is -2.18. The molecule has 0 spiro atoms. The van der Waals surface area contributed by atoms with Crippen molar-refractivity contribution < 1.29 is 9.15 Å². The Balaban J connectivity index is 1.98. The molecule has 3 heteroatoms. The fourth-order valence-corrected chi connectivity index (χ4v) is 2.30. The Bertz CT molecular complexity index is 476. The molecule has 0 bridgehead atoms. The number of hydrogen-bond donors (Lipinski definition) is 1. The Morgan fingerprint density at radius 3 is 2.45 bits per heavy atom. The first-order valence-electron chi connectivity index (χ1n) is 7.19. The number of hydrogen-bond acceptors (Lipinski definition) is 3. The Morgan fingerprint density at radius 1 is 1.10 bits per heavy atom. The van der Waals surface area contributed by atoms with E-state index < -0.39 is 0 Å². The first kappa shape index (κ1) is 14.7. The standard InChI is InChI=1S/C17H23NO2/c1-3-9-18-16(12-15-8-10-20-13-15)11-14-4-6-17(19-2)7-5-14/h4-8,10,13,16,18H,3,9,11-12H2,1-2H3. The molecule has 20 heavy (non-hydrogen) atoms. The molecule has 0 aliphatic rings. The van der Waals surface area contributed by atoms with E-state index in [1.165, 1.54) is 11.1 Å². The zero-order valence-corrected chi connectivity index (χ0v) is 12.3. The third kappa shape index (κ3) is 4.42. The minimum Gasteiger partial charge on any atom is -0.497 e. The highest BCUT2D eigenvalue weighted by atomic mass is 16.5. The van der Waals surface area contributed by atoms with Crippen molar-refractivity contribution in [1.82, 2.24) is 5.32 Å². The van der Waals surface area contributed by atoms with Crippen LogP contribution in [0.2, 0.25) is 0 Å². The molecule has 0 saturated heterocycles. The van der Waals surface area contributed by atoms with Crippen LogP contribution >= 0.6 is 0 Å². The second-order valence-electron chi connectivity index (χ2n) is 5.04. The summed E-state index contributed by atoms with van der Waals surface area (Å²) < 4.78 is 10.4. The molecule has 1 atom stereocenters. The van der Waals surface area contributed by atoms with E-state index in [0.717, 1.165) is 31.6 Å². The summed E-state index contributed by atoms with van der Waals surface area (Å²) in [6.07, 6.45) is 6.70. The van der Waals surface area contributed by atoms with Gasteiger partial charge in [0.1, 0.15) is 5.75 Å². The highest BCUT2D eigenvalue weighted by Crippen LogP contribution is 2.14. The molecule has 0 radical (unpaired) electrons. The lowest BCUT2D eigenvalue weighted by Crippen LogP contribution is -2.33. The molecule has 3 nitrogen and oxygen atoms in total. The van der Waals surface area contributed by atoms with Crippen LogP contribution in [0.25, 0.3) is 0 Å². The van der Waals surface area contributed by atoms with Gasteiger partial charge in [0.05, 0.1) is 19.6 Å². The number of benzene rings is 1. The number of rotatable bonds is 8. The molecule has 1 aromatic heterocycles. The average Bonchev–Trinajstić information content (AvgIpc) is 2.98. The SMILES string of the molecule is CCCNC(Cc1ccc(OC)cc1)Cc1ccoc1. The molecule has 0 saturated carbocycles. The van der Waals surface area contributed by atoms with Gasteiger partial charge in [-0.3, -0.25) is 0 Å². The van der Waals surface area contributed by atoms with E-state index >= 15 is 0 Å². The maximum Gasteiger partial charge on any atom is 0.118 e. The van der Waals surface area contributed by atoms with Crippen molar-refractivity contribution in [2.75, 3.05) is 13.7 Å². The molecule has 2 aromatic rings. The van der Waals surface area contributed by atoms with Crippen LogP contribution in [0.5, 0.6) is 5.75 Å². The number of furan rings is 1. The van der Waals surface area contributed by atoms with Gasteiger partial charge in [-0.15, -0.1) is 0 Å². The second kappa shape index (κ2) is 7.75. The molecule has 1 unspecified atom stereocenters. The van der Waals surface area contributed by atoms with Crippen LogP contribution in [-0.2, 0) is 12.8 Å². The Morgan fingerprint density at radius 2 is 1.85 bits per heavy atom. The first-order valence-corrected chi connectivity index (χ1v) is 7.19. The molecule has 0 amide bonds. The number of nitrogens with one attached hydrogen (secondary N) is 1. The van der Waals surface area contributed by atoms with Crippen LogP contribution in [0.4, 0.5) is 0 Å². The fourth-order valence-electron chi connectivity index (χ4n) is 2.30. The van der Waals surface area contributed by atoms with Gasteiger partial charge in [0.15, 0.2) is 0 Å². The van der Waals surface area contributed by atoms with E-state index in [0.29, 0.717) is 6.04 Å². The highest BCUT2D eigenvalue weighted by Gasteiger charge is 2.10. The van der Waals surface area contributed by atoms with Crippen LogP contribution in [0.15, 0.2) is 47.3 Å². The molecule has 0 fully saturated rings. The van der Waals surface area contributed by atoms with Gasteiger partial charge in [-0.25, -0.2) is 0 Å². The largest absolute Gasteiger partial charge is 0.497 e. The quantitative estimate of drug-likeness (QED) is 0.800.